The fourth-order valence-corrected chi connectivity index (χ4v) is 1.30. The normalized spacial score (nSPS) is 30.4. The molecule has 0 aliphatic heterocycles. The Hall–Kier alpha value is -1.32. The highest BCUT2D eigenvalue weighted by Gasteiger charge is 2.63. The molecule has 0 amide bonds. The van der Waals surface area contributed by atoms with E-state index in [1.54, 1.807) is 13.0 Å². The summed E-state index contributed by atoms with van der Waals surface area (Å²) in [5, 5.41) is 0. The van der Waals surface area contributed by atoms with Crippen molar-refractivity contribution in [3.63, 3.8) is 0 Å². The molecule has 1 saturated carbocycles. The molecule has 0 saturated heterocycles. The maximum absolute atomic E-state index is 11.3. The molecule has 0 unspecified atom stereocenters. The van der Waals surface area contributed by atoms with Gasteiger partial charge in [-0.25, -0.2) is 4.79 Å². The van der Waals surface area contributed by atoms with Gasteiger partial charge in [0.2, 0.25) is 5.60 Å². The van der Waals surface area contributed by atoms with Crippen LogP contribution >= 0.6 is 0 Å². The van der Waals surface area contributed by atoms with Crippen LogP contribution in [-0.4, -0.2) is 24.6 Å². The van der Waals surface area contributed by atoms with Crippen LogP contribution in [0, 0.1) is 5.92 Å². The monoisotopic (exact) mass is 184 g/mol. The van der Waals surface area contributed by atoms with Crippen molar-refractivity contribution in [2.75, 3.05) is 6.61 Å². The zero-order valence-corrected chi connectivity index (χ0v) is 7.49. The van der Waals surface area contributed by atoms with Crippen molar-refractivity contribution in [3.8, 4) is 0 Å². The molecule has 2 atom stereocenters. The Labute approximate surface area is 76.5 Å². The van der Waals surface area contributed by atoms with E-state index in [0.717, 1.165) is 0 Å². The summed E-state index contributed by atoms with van der Waals surface area (Å²) in [6, 6.07) is 0. The molecule has 72 valence electrons. The summed E-state index contributed by atoms with van der Waals surface area (Å²) in [5.74, 6) is -0.580. The Morgan fingerprint density at radius 3 is 2.85 bits per heavy atom. The lowest BCUT2D eigenvalue weighted by molar-refractivity contribution is -0.165. The number of esters is 1. The Balaban J connectivity index is 2.64. The molecule has 0 N–H and O–H groups in total. The third-order valence-electron chi connectivity index (χ3n) is 2.13. The second kappa shape index (κ2) is 3.60. The van der Waals surface area contributed by atoms with Gasteiger partial charge in [-0.15, -0.1) is 6.58 Å². The summed E-state index contributed by atoms with van der Waals surface area (Å²) < 4.78 is 9.52. The number of hydrogen-bond acceptors (Lipinski definition) is 4. The molecule has 0 radical (unpaired) electrons. The molecule has 0 spiro atoms. The van der Waals surface area contributed by atoms with Crippen LogP contribution < -0.4 is 0 Å². The lowest BCUT2D eigenvalue weighted by Crippen LogP contribution is -2.30. The van der Waals surface area contributed by atoms with E-state index in [2.05, 4.69) is 6.58 Å². The minimum absolute atomic E-state index is 0.100. The maximum atomic E-state index is 11.3. The third-order valence-corrected chi connectivity index (χ3v) is 2.13. The van der Waals surface area contributed by atoms with Gasteiger partial charge in [0.1, 0.15) is 0 Å². The largest absolute Gasteiger partial charge is 0.463 e. The molecule has 13 heavy (non-hydrogen) atoms. The second-order valence-electron chi connectivity index (χ2n) is 2.87. The minimum atomic E-state index is -1.07. The fourth-order valence-electron chi connectivity index (χ4n) is 1.30. The molecule has 1 fully saturated rings. The number of ether oxygens (including phenoxy) is 2. The number of rotatable bonds is 5. The van der Waals surface area contributed by atoms with E-state index in [4.69, 9.17) is 9.47 Å². The molecule has 0 aromatic heterocycles. The number of hydrogen-bond donors (Lipinski definition) is 0. The lowest BCUT2D eigenvalue weighted by Gasteiger charge is -2.12. The van der Waals surface area contributed by atoms with Crippen molar-refractivity contribution >= 4 is 12.4 Å². The maximum Gasteiger partial charge on any atom is 0.351 e. The van der Waals surface area contributed by atoms with Gasteiger partial charge in [-0.05, 0) is 6.92 Å². The Kier molecular flexibility index (Phi) is 2.70. The second-order valence-corrected chi connectivity index (χ2v) is 2.87. The van der Waals surface area contributed by atoms with E-state index in [1.807, 2.05) is 0 Å². The molecular weight excluding hydrogens is 172 g/mol. The van der Waals surface area contributed by atoms with E-state index in [-0.39, 0.29) is 19.0 Å². The topological polar surface area (TPSA) is 52.6 Å². The predicted octanol–water partition coefficient (Wildman–Crippen LogP) is 0.667. The molecule has 1 rings (SSSR count). The number of carbonyl (C=O) groups excluding carboxylic acids is 2. The average Bonchev–Trinajstić information content (AvgIpc) is 2.81. The van der Waals surface area contributed by atoms with Crippen LogP contribution in [0.3, 0.4) is 0 Å². The average molecular weight is 184 g/mol. The lowest BCUT2D eigenvalue weighted by atomic mass is 10.2. The van der Waals surface area contributed by atoms with Gasteiger partial charge in [0, 0.05) is 12.3 Å². The van der Waals surface area contributed by atoms with Crippen LogP contribution in [0.5, 0.6) is 0 Å². The molecular formula is C9H12O4. The van der Waals surface area contributed by atoms with Crippen LogP contribution in [0.4, 0.5) is 0 Å². The molecule has 1 aliphatic rings. The number of carbonyl (C=O) groups is 2. The van der Waals surface area contributed by atoms with E-state index in [9.17, 15) is 9.59 Å². The predicted molar refractivity (Wildman–Crippen MR) is 44.8 cm³/mol. The summed E-state index contributed by atoms with van der Waals surface area (Å²) in [5.41, 5.74) is -1.07. The highest BCUT2D eigenvalue weighted by molar-refractivity contribution is 5.85. The van der Waals surface area contributed by atoms with E-state index in [0.29, 0.717) is 6.42 Å². The van der Waals surface area contributed by atoms with Crippen LogP contribution in [0.25, 0.3) is 0 Å². The smallest absolute Gasteiger partial charge is 0.351 e. The Morgan fingerprint density at radius 1 is 1.77 bits per heavy atom. The van der Waals surface area contributed by atoms with Crippen LogP contribution in [0.2, 0.25) is 0 Å². The SMILES string of the molecule is C=C[C@@H]1C[C@]1(OC=O)C(=O)OCC. The highest BCUT2D eigenvalue weighted by Crippen LogP contribution is 2.48. The van der Waals surface area contributed by atoms with Crippen molar-refractivity contribution < 1.29 is 19.1 Å². The van der Waals surface area contributed by atoms with Crippen molar-refractivity contribution in [2.24, 2.45) is 5.92 Å². The standard InChI is InChI=1S/C9H12O4/c1-3-7-5-9(7,13-6-10)8(11)12-4-2/h3,6-7H,1,4-5H2,2H3/t7-,9-/m1/s1. The van der Waals surface area contributed by atoms with Gasteiger partial charge in [0.05, 0.1) is 6.61 Å². The summed E-state index contributed by atoms with van der Waals surface area (Å²) in [4.78, 5) is 21.5. The molecule has 1 aliphatic carbocycles. The van der Waals surface area contributed by atoms with Crippen molar-refractivity contribution in [1.82, 2.24) is 0 Å². The zero-order chi connectivity index (χ0) is 9.90. The van der Waals surface area contributed by atoms with Crippen molar-refractivity contribution in [3.05, 3.63) is 12.7 Å². The molecule has 4 nitrogen and oxygen atoms in total. The van der Waals surface area contributed by atoms with Gasteiger partial charge in [-0.1, -0.05) is 6.08 Å². The summed E-state index contributed by atoms with van der Waals surface area (Å²) in [7, 11) is 0. The minimum Gasteiger partial charge on any atom is -0.463 e. The Morgan fingerprint density at radius 2 is 2.46 bits per heavy atom. The van der Waals surface area contributed by atoms with Gasteiger partial charge in [0.25, 0.3) is 6.47 Å². The summed E-state index contributed by atoms with van der Waals surface area (Å²) >= 11 is 0. The van der Waals surface area contributed by atoms with Crippen molar-refractivity contribution in [2.45, 2.75) is 18.9 Å². The molecule has 0 bridgehead atoms. The third kappa shape index (κ3) is 1.56. The first kappa shape index (κ1) is 9.77. The molecule has 0 heterocycles. The molecule has 0 aromatic carbocycles. The molecule has 0 aromatic rings. The van der Waals surface area contributed by atoms with E-state index >= 15 is 0 Å². The van der Waals surface area contributed by atoms with E-state index < -0.39 is 11.6 Å². The first-order valence-electron chi connectivity index (χ1n) is 4.12. The van der Waals surface area contributed by atoms with Gasteiger partial charge in [-0.2, -0.15) is 0 Å². The van der Waals surface area contributed by atoms with Crippen LogP contribution in [-0.2, 0) is 19.1 Å². The summed E-state index contributed by atoms with van der Waals surface area (Å²) in [6.45, 7) is 5.81. The van der Waals surface area contributed by atoms with E-state index in [1.165, 1.54) is 0 Å². The van der Waals surface area contributed by atoms with Gasteiger partial charge < -0.3 is 9.47 Å². The zero-order valence-electron chi connectivity index (χ0n) is 7.49. The Bertz CT molecular complexity index is 236. The van der Waals surface area contributed by atoms with Gasteiger partial charge in [0.15, 0.2) is 0 Å². The van der Waals surface area contributed by atoms with Crippen molar-refractivity contribution in [1.29, 1.82) is 0 Å². The quantitative estimate of drug-likeness (QED) is 0.358. The highest BCUT2D eigenvalue weighted by atomic mass is 16.6. The fraction of sp³-hybridized carbons (Fsp3) is 0.556. The first-order chi connectivity index (χ1) is 6.21. The molecule has 4 heteroatoms. The van der Waals surface area contributed by atoms with Gasteiger partial charge in [-0.3, -0.25) is 4.79 Å². The summed E-state index contributed by atoms with van der Waals surface area (Å²) in [6.07, 6.45) is 2.08. The first-order valence-corrected chi connectivity index (χ1v) is 4.12. The van der Waals surface area contributed by atoms with Crippen LogP contribution in [0.15, 0.2) is 12.7 Å². The van der Waals surface area contributed by atoms with Crippen LogP contribution in [0.1, 0.15) is 13.3 Å². The van der Waals surface area contributed by atoms with Gasteiger partial charge >= 0.3 is 5.97 Å².